The maximum atomic E-state index is 13.2. The number of hydrogen-bond donors (Lipinski definition) is 1. The molecule has 3 aromatic heterocycles. The second kappa shape index (κ2) is 8.32. The van der Waals surface area contributed by atoms with Gasteiger partial charge in [-0.15, -0.1) is 0 Å². The fraction of sp³-hybridized carbons (Fsp3) is 0.300. The third-order valence-electron chi connectivity index (χ3n) is 4.56. The molecule has 4 rings (SSSR count). The van der Waals surface area contributed by atoms with E-state index < -0.39 is 35.4 Å². The monoisotopic (exact) mass is 499 g/mol. The first kappa shape index (κ1) is 24.1. The fourth-order valence-corrected chi connectivity index (χ4v) is 3.09. The molecule has 0 saturated carbocycles. The second-order valence-corrected chi connectivity index (χ2v) is 7.95. The van der Waals surface area contributed by atoms with E-state index in [2.05, 4.69) is 30.2 Å². The maximum absolute atomic E-state index is 13.2. The van der Waals surface area contributed by atoms with E-state index in [0.717, 1.165) is 23.2 Å². The van der Waals surface area contributed by atoms with Crippen molar-refractivity contribution in [2.45, 2.75) is 31.8 Å². The number of aromatic nitrogens is 5. The first-order chi connectivity index (χ1) is 16.2. The number of amides is 1. The lowest BCUT2D eigenvalue weighted by molar-refractivity contribution is -0.141. The van der Waals surface area contributed by atoms with Crippen molar-refractivity contribution in [3.8, 4) is 11.5 Å². The summed E-state index contributed by atoms with van der Waals surface area (Å²) in [6.07, 6.45) is -9.39. The predicted octanol–water partition coefficient (Wildman–Crippen LogP) is 4.85. The summed E-state index contributed by atoms with van der Waals surface area (Å²) in [4.78, 5) is 32.3. The Morgan fingerprint density at radius 3 is 2.31 bits per heavy atom. The van der Waals surface area contributed by atoms with Gasteiger partial charge in [0.25, 0.3) is 0 Å². The quantitative estimate of drug-likeness (QED) is 0.508. The number of anilines is 3. The van der Waals surface area contributed by atoms with E-state index in [1.807, 2.05) is 0 Å². The lowest BCUT2D eigenvalue weighted by Gasteiger charge is -2.16. The lowest BCUT2D eigenvalue weighted by atomic mass is 10.1. The number of pyridine rings is 2. The van der Waals surface area contributed by atoms with Gasteiger partial charge in [-0.1, -0.05) is 6.07 Å². The average Bonchev–Trinajstić information content (AvgIpc) is 3.05. The van der Waals surface area contributed by atoms with Gasteiger partial charge in [0.15, 0.2) is 5.82 Å². The standard InChI is InChI=1S/C20H15F6N7O2/c1-18(2)9-33(17(34)35-18)16-31-14(11-4-3-5-12(29-11)19(21,22)23)30-15(32-16)28-10-6-7-27-13(8-10)20(24,25)26/h3-8H,9H2,1-2H3,(H,27,28,30,31,32). The van der Waals surface area contributed by atoms with Gasteiger partial charge >= 0.3 is 18.4 Å². The number of halogens is 6. The molecule has 4 heterocycles. The van der Waals surface area contributed by atoms with Crippen molar-refractivity contribution < 1.29 is 35.9 Å². The van der Waals surface area contributed by atoms with Gasteiger partial charge in [0.1, 0.15) is 22.7 Å². The molecule has 15 heteroatoms. The van der Waals surface area contributed by atoms with Crippen LogP contribution in [0.3, 0.4) is 0 Å². The molecule has 184 valence electrons. The van der Waals surface area contributed by atoms with Gasteiger partial charge in [0.2, 0.25) is 11.9 Å². The zero-order valence-electron chi connectivity index (χ0n) is 17.9. The molecule has 0 unspecified atom stereocenters. The first-order valence-electron chi connectivity index (χ1n) is 9.83. The van der Waals surface area contributed by atoms with E-state index >= 15 is 0 Å². The number of ether oxygens (including phenoxy) is 1. The summed E-state index contributed by atoms with van der Waals surface area (Å²) < 4.78 is 83.7. The number of carbonyl (C=O) groups excluding carboxylic acids is 1. The summed E-state index contributed by atoms with van der Waals surface area (Å²) in [5, 5.41) is 2.54. The Hall–Kier alpha value is -4.04. The molecule has 0 spiro atoms. The Morgan fingerprint density at radius 2 is 1.69 bits per heavy atom. The smallest absolute Gasteiger partial charge is 0.433 e. The van der Waals surface area contributed by atoms with E-state index in [9.17, 15) is 31.1 Å². The molecule has 0 aliphatic carbocycles. The van der Waals surface area contributed by atoms with Crippen molar-refractivity contribution in [2.24, 2.45) is 0 Å². The van der Waals surface area contributed by atoms with Crippen LogP contribution in [-0.2, 0) is 17.1 Å². The Morgan fingerprint density at radius 1 is 0.971 bits per heavy atom. The van der Waals surface area contributed by atoms with Crippen LogP contribution in [0.5, 0.6) is 0 Å². The van der Waals surface area contributed by atoms with E-state index in [1.165, 1.54) is 12.1 Å². The molecule has 0 atom stereocenters. The van der Waals surface area contributed by atoms with Crippen LogP contribution in [0.4, 0.5) is 48.7 Å². The van der Waals surface area contributed by atoms with E-state index in [0.29, 0.717) is 6.07 Å². The summed E-state index contributed by atoms with van der Waals surface area (Å²) in [6, 6.07) is 4.94. The SMILES string of the molecule is CC1(C)CN(c2nc(Nc3ccnc(C(F)(F)F)c3)nc(-c3cccc(C(F)(F)F)n3)n2)C(=O)O1. The fourth-order valence-electron chi connectivity index (χ4n) is 3.09. The number of nitrogens with zero attached hydrogens (tertiary/aromatic N) is 6. The van der Waals surface area contributed by atoms with Crippen LogP contribution in [0.15, 0.2) is 36.5 Å². The van der Waals surface area contributed by atoms with Crippen LogP contribution >= 0.6 is 0 Å². The molecule has 1 N–H and O–H groups in total. The van der Waals surface area contributed by atoms with Crippen LogP contribution in [0.1, 0.15) is 25.2 Å². The van der Waals surface area contributed by atoms with Gasteiger partial charge < -0.3 is 10.1 Å². The molecule has 1 amide bonds. The second-order valence-electron chi connectivity index (χ2n) is 7.95. The minimum absolute atomic E-state index is 0.00176. The summed E-state index contributed by atoms with van der Waals surface area (Å²) >= 11 is 0. The molecule has 0 bridgehead atoms. The summed E-state index contributed by atoms with van der Waals surface area (Å²) in [6.45, 7) is 3.24. The molecular formula is C20H15F6N7O2. The van der Waals surface area contributed by atoms with Crippen LogP contribution in [0.2, 0.25) is 0 Å². The highest BCUT2D eigenvalue weighted by molar-refractivity contribution is 5.88. The highest BCUT2D eigenvalue weighted by Crippen LogP contribution is 2.32. The number of hydrogen-bond acceptors (Lipinski definition) is 8. The minimum atomic E-state index is -4.75. The Kier molecular flexibility index (Phi) is 5.73. The molecule has 0 aromatic carbocycles. The van der Waals surface area contributed by atoms with Crippen LogP contribution < -0.4 is 10.2 Å². The number of alkyl halides is 6. The molecule has 1 saturated heterocycles. The van der Waals surface area contributed by atoms with Crippen LogP contribution in [0.25, 0.3) is 11.5 Å². The summed E-state index contributed by atoms with van der Waals surface area (Å²) in [5.74, 6) is -0.996. The number of carbonyl (C=O) groups is 1. The molecular weight excluding hydrogens is 484 g/mol. The number of nitrogens with one attached hydrogen (secondary N) is 1. The number of rotatable bonds is 4. The lowest BCUT2D eigenvalue weighted by Crippen LogP contribution is -2.30. The van der Waals surface area contributed by atoms with Crippen molar-refractivity contribution in [3.05, 3.63) is 47.9 Å². The van der Waals surface area contributed by atoms with Crippen LogP contribution in [0, 0.1) is 0 Å². The van der Waals surface area contributed by atoms with Crippen LogP contribution in [-0.4, -0.2) is 43.2 Å². The molecule has 0 radical (unpaired) electrons. The molecule has 1 fully saturated rings. The largest absolute Gasteiger partial charge is 0.441 e. The molecule has 1 aliphatic heterocycles. The average molecular weight is 499 g/mol. The molecule has 3 aromatic rings. The molecule has 35 heavy (non-hydrogen) atoms. The van der Waals surface area contributed by atoms with Crippen molar-refractivity contribution in [3.63, 3.8) is 0 Å². The minimum Gasteiger partial charge on any atom is -0.441 e. The van der Waals surface area contributed by atoms with Crippen molar-refractivity contribution in [1.29, 1.82) is 0 Å². The van der Waals surface area contributed by atoms with Gasteiger partial charge in [-0.25, -0.2) is 14.7 Å². The molecule has 9 nitrogen and oxygen atoms in total. The van der Waals surface area contributed by atoms with Gasteiger partial charge in [0, 0.05) is 11.9 Å². The Bertz CT molecular complexity index is 1280. The normalized spacial score (nSPS) is 15.8. The Balaban J connectivity index is 1.79. The summed E-state index contributed by atoms with van der Waals surface area (Å²) in [5.41, 5.74) is -3.74. The summed E-state index contributed by atoms with van der Waals surface area (Å²) in [7, 11) is 0. The van der Waals surface area contributed by atoms with Gasteiger partial charge in [-0.05, 0) is 38.1 Å². The third-order valence-corrected chi connectivity index (χ3v) is 4.56. The predicted molar refractivity (Wildman–Crippen MR) is 108 cm³/mol. The van der Waals surface area contributed by atoms with Crippen molar-refractivity contribution >= 4 is 23.7 Å². The van der Waals surface area contributed by atoms with E-state index in [-0.39, 0.29) is 35.6 Å². The first-order valence-corrected chi connectivity index (χ1v) is 9.83. The topological polar surface area (TPSA) is 106 Å². The van der Waals surface area contributed by atoms with Crippen molar-refractivity contribution in [1.82, 2.24) is 24.9 Å². The number of cyclic esters (lactones) is 1. The third kappa shape index (κ3) is 5.38. The van der Waals surface area contributed by atoms with Crippen molar-refractivity contribution in [2.75, 3.05) is 16.8 Å². The van der Waals surface area contributed by atoms with E-state index in [4.69, 9.17) is 4.74 Å². The highest BCUT2D eigenvalue weighted by atomic mass is 19.4. The Labute approximate surface area is 193 Å². The highest BCUT2D eigenvalue weighted by Gasteiger charge is 2.40. The molecule has 1 aliphatic rings. The van der Waals surface area contributed by atoms with Gasteiger partial charge in [-0.3, -0.25) is 4.98 Å². The van der Waals surface area contributed by atoms with E-state index in [1.54, 1.807) is 13.8 Å². The van der Waals surface area contributed by atoms with Gasteiger partial charge in [0.05, 0.1) is 6.54 Å². The zero-order chi connectivity index (χ0) is 25.6. The maximum Gasteiger partial charge on any atom is 0.433 e. The van der Waals surface area contributed by atoms with Gasteiger partial charge in [-0.2, -0.15) is 41.3 Å². The zero-order valence-corrected chi connectivity index (χ0v) is 17.9.